The van der Waals surface area contributed by atoms with Gasteiger partial charge in [-0.05, 0) is 86.1 Å². The van der Waals surface area contributed by atoms with Gasteiger partial charge in [0.05, 0.1) is 18.7 Å². The fraction of sp³-hybridized carbons (Fsp3) is 0.185. The molecule has 174 valence electrons. The molecule has 1 aromatic heterocycles. The van der Waals surface area contributed by atoms with Crippen molar-refractivity contribution < 1.29 is 14.3 Å². The highest BCUT2D eigenvalue weighted by Crippen LogP contribution is 2.27. The van der Waals surface area contributed by atoms with Gasteiger partial charge >= 0.3 is 0 Å². The third-order valence-corrected chi connectivity index (χ3v) is 5.85. The van der Waals surface area contributed by atoms with Gasteiger partial charge in [0, 0.05) is 22.2 Å². The Balaban J connectivity index is 1.26. The third kappa shape index (κ3) is 6.16. The number of hydrogen-bond donors (Lipinski definition) is 1. The summed E-state index contributed by atoms with van der Waals surface area (Å²) in [6.45, 7) is 1.27. The summed E-state index contributed by atoms with van der Waals surface area (Å²) in [6, 6.07) is 24.2. The van der Waals surface area contributed by atoms with Crippen LogP contribution in [-0.4, -0.2) is 28.8 Å². The van der Waals surface area contributed by atoms with Gasteiger partial charge in [-0.2, -0.15) is 0 Å². The van der Waals surface area contributed by atoms with Gasteiger partial charge in [-0.1, -0.05) is 35.9 Å². The van der Waals surface area contributed by atoms with Crippen LogP contribution in [0.15, 0.2) is 85.1 Å². The third-order valence-electron chi connectivity index (χ3n) is 5.30. The van der Waals surface area contributed by atoms with Crippen LogP contribution >= 0.6 is 23.8 Å². The first-order chi connectivity index (χ1) is 16.6. The van der Waals surface area contributed by atoms with Crippen molar-refractivity contribution in [2.45, 2.75) is 19.3 Å². The van der Waals surface area contributed by atoms with Crippen LogP contribution in [0.2, 0.25) is 5.02 Å². The highest BCUT2D eigenvalue weighted by molar-refractivity contribution is 7.80. The van der Waals surface area contributed by atoms with Crippen LogP contribution < -0.4 is 14.8 Å². The number of fused-ring (bicyclic) bond motifs is 1. The lowest BCUT2D eigenvalue weighted by Crippen LogP contribution is -2.33. The molecule has 34 heavy (non-hydrogen) atoms. The van der Waals surface area contributed by atoms with E-state index in [4.69, 9.17) is 33.3 Å². The zero-order valence-corrected chi connectivity index (χ0v) is 20.1. The molecule has 4 rings (SSSR count). The van der Waals surface area contributed by atoms with Crippen molar-refractivity contribution in [3.63, 3.8) is 0 Å². The predicted octanol–water partition coefficient (Wildman–Crippen LogP) is 6.49. The highest BCUT2D eigenvalue weighted by atomic mass is 35.5. The van der Waals surface area contributed by atoms with E-state index in [1.54, 1.807) is 16.7 Å². The number of carbonyl (C=O) groups excluding carboxylic acids is 1. The number of unbranched alkanes of at least 4 members (excludes halogenated alkanes) is 2. The predicted molar refractivity (Wildman–Crippen MR) is 140 cm³/mol. The number of carbonyl (C=O) groups is 1. The van der Waals surface area contributed by atoms with E-state index in [1.165, 1.54) is 0 Å². The average molecular weight is 493 g/mol. The second-order valence-corrected chi connectivity index (χ2v) is 8.53. The summed E-state index contributed by atoms with van der Waals surface area (Å²) in [5, 5.41) is 4.77. The molecule has 1 amide bonds. The summed E-state index contributed by atoms with van der Waals surface area (Å²) in [5.74, 6) is 1.39. The van der Waals surface area contributed by atoms with Crippen LogP contribution in [0, 0.1) is 0 Å². The average Bonchev–Trinajstić information content (AvgIpc) is 3.30. The minimum absolute atomic E-state index is 0.236. The molecule has 0 atom stereocenters. The van der Waals surface area contributed by atoms with Gasteiger partial charge in [-0.25, -0.2) is 0 Å². The molecular formula is C27H25ClN2O3S. The summed E-state index contributed by atoms with van der Waals surface area (Å²) in [4.78, 5) is 12.4. The van der Waals surface area contributed by atoms with Crippen LogP contribution in [0.3, 0.4) is 0 Å². The smallest absolute Gasteiger partial charge is 0.257 e. The van der Waals surface area contributed by atoms with Crippen molar-refractivity contribution in [1.29, 1.82) is 0 Å². The molecule has 1 N–H and O–H groups in total. The number of nitrogens with one attached hydrogen (secondary N) is 1. The van der Waals surface area contributed by atoms with Crippen molar-refractivity contribution in [2.75, 3.05) is 13.2 Å². The molecule has 0 fully saturated rings. The molecule has 0 radical (unpaired) electrons. The summed E-state index contributed by atoms with van der Waals surface area (Å²) >= 11 is 11.4. The molecule has 0 saturated heterocycles. The number of thiocarbonyl (C=S) groups is 1. The molecule has 0 saturated carbocycles. The lowest BCUT2D eigenvalue weighted by Gasteiger charge is -2.11. The SMILES string of the molecule is O=C(NC(=S)n1ccc2c(OCCCCCOc3ccc(Cl)cc3)cccc21)c1ccccc1. The molecule has 5 nitrogen and oxygen atoms in total. The lowest BCUT2D eigenvalue weighted by atomic mass is 10.2. The Kier molecular flexibility index (Phi) is 8.17. The molecule has 3 aromatic carbocycles. The van der Waals surface area contributed by atoms with E-state index >= 15 is 0 Å². The van der Waals surface area contributed by atoms with E-state index in [2.05, 4.69) is 5.32 Å². The molecule has 0 aliphatic carbocycles. The van der Waals surface area contributed by atoms with Gasteiger partial charge in [0.25, 0.3) is 5.91 Å². The van der Waals surface area contributed by atoms with Gasteiger partial charge in [-0.15, -0.1) is 0 Å². The topological polar surface area (TPSA) is 52.5 Å². The number of aromatic nitrogens is 1. The number of halogens is 1. The molecule has 0 aliphatic heterocycles. The molecule has 1 heterocycles. The van der Waals surface area contributed by atoms with Crippen molar-refractivity contribution in [3.05, 3.63) is 95.6 Å². The first kappa shape index (κ1) is 23.8. The summed E-state index contributed by atoms with van der Waals surface area (Å²) in [7, 11) is 0. The standard InChI is InChI=1S/C27H25ClN2O3S/c28-21-12-14-22(15-13-21)32-18-5-2-6-19-33-25-11-7-10-24-23(25)16-17-30(24)27(34)29-26(31)20-8-3-1-4-9-20/h1,3-4,7-17H,2,5-6,18-19H2,(H,29,31,34). The van der Waals surface area contributed by atoms with E-state index in [0.29, 0.717) is 28.9 Å². The summed E-state index contributed by atoms with van der Waals surface area (Å²) < 4.78 is 13.5. The Morgan fingerprint density at radius 2 is 1.59 bits per heavy atom. The van der Waals surface area contributed by atoms with Crippen LogP contribution in [-0.2, 0) is 0 Å². The Hall–Kier alpha value is -3.35. The van der Waals surface area contributed by atoms with Crippen molar-refractivity contribution in [2.24, 2.45) is 0 Å². The number of rotatable bonds is 9. The fourth-order valence-electron chi connectivity index (χ4n) is 3.55. The quantitative estimate of drug-likeness (QED) is 0.214. The van der Waals surface area contributed by atoms with Crippen molar-refractivity contribution in [3.8, 4) is 11.5 Å². The molecule has 0 bridgehead atoms. The number of benzene rings is 3. The van der Waals surface area contributed by atoms with Crippen LogP contribution in [0.25, 0.3) is 10.9 Å². The second kappa shape index (κ2) is 11.7. The summed E-state index contributed by atoms with van der Waals surface area (Å²) in [6.07, 6.45) is 4.72. The first-order valence-corrected chi connectivity index (χ1v) is 11.9. The molecule has 7 heteroatoms. The first-order valence-electron chi connectivity index (χ1n) is 11.1. The van der Waals surface area contributed by atoms with E-state index in [9.17, 15) is 4.79 Å². The fourth-order valence-corrected chi connectivity index (χ4v) is 3.92. The summed E-state index contributed by atoms with van der Waals surface area (Å²) in [5.41, 5.74) is 1.44. The van der Waals surface area contributed by atoms with E-state index in [1.807, 2.05) is 72.9 Å². The number of nitrogens with zero attached hydrogens (tertiary/aromatic N) is 1. The van der Waals surface area contributed by atoms with Crippen LogP contribution in [0.5, 0.6) is 11.5 Å². The highest BCUT2D eigenvalue weighted by Gasteiger charge is 2.12. The normalized spacial score (nSPS) is 10.7. The minimum atomic E-state index is -0.236. The van der Waals surface area contributed by atoms with Gasteiger partial charge in [0.2, 0.25) is 0 Å². The molecule has 0 unspecified atom stereocenters. The molecule has 4 aromatic rings. The molecule has 0 aliphatic rings. The van der Waals surface area contributed by atoms with E-state index in [-0.39, 0.29) is 5.91 Å². The van der Waals surface area contributed by atoms with Gasteiger partial charge in [-0.3, -0.25) is 14.7 Å². The second-order valence-electron chi connectivity index (χ2n) is 7.71. The largest absolute Gasteiger partial charge is 0.494 e. The van der Waals surface area contributed by atoms with Crippen molar-refractivity contribution >= 4 is 45.7 Å². The van der Waals surface area contributed by atoms with Gasteiger partial charge < -0.3 is 9.47 Å². The molecule has 0 spiro atoms. The van der Waals surface area contributed by atoms with E-state index in [0.717, 1.165) is 41.7 Å². The zero-order valence-electron chi connectivity index (χ0n) is 18.6. The monoisotopic (exact) mass is 492 g/mol. The minimum Gasteiger partial charge on any atom is -0.494 e. The Morgan fingerprint density at radius 1 is 0.853 bits per heavy atom. The van der Waals surface area contributed by atoms with Crippen LogP contribution in [0.4, 0.5) is 0 Å². The lowest BCUT2D eigenvalue weighted by molar-refractivity contribution is 0.0977. The van der Waals surface area contributed by atoms with E-state index < -0.39 is 0 Å². The Morgan fingerprint density at radius 3 is 2.35 bits per heavy atom. The Labute approximate surface area is 209 Å². The number of hydrogen-bond acceptors (Lipinski definition) is 4. The Bertz CT molecular complexity index is 1260. The number of ether oxygens (including phenoxy) is 2. The van der Waals surface area contributed by atoms with Gasteiger partial charge in [0.1, 0.15) is 11.5 Å². The number of amides is 1. The van der Waals surface area contributed by atoms with Gasteiger partial charge in [0.15, 0.2) is 5.11 Å². The maximum Gasteiger partial charge on any atom is 0.257 e. The van der Waals surface area contributed by atoms with Crippen molar-refractivity contribution in [1.82, 2.24) is 9.88 Å². The van der Waals surface area contributed by atoms with Crippen LogP contribution in [0.1, 0.15) is 29.6 Å². The maximum atomic E-state index is 12.4. The molecular weight excluding hydrogens is 468 g/mol. The maximum absolute atomic E-state index is 12.4. The zero-order chi connectivity index (χ0) is 23.8.